The molecule has 2 aromatic carbocycles. The van der Waals surface area contributed by atoms with Crippen LogP contribution in [-0.4, -0.2) is 16.9 Å². The second-order valence-corrected chi connectivity index (χ2v) is 6.82. The lowest BCUT2D eigenvalue weighted by Crippen LogP contribution is -2.22. The molecule has 1 heterocycles. The normalized spacial score (nSPS) is 10.6. The Morgan fingerprint density at radius 1 is 1.14 bits per heavy atom. The Balaban J connectivity index is 1.76. The zero-order valence-corrected chi connectivity index (χ0v) is 15.9. The first kappa shape index (κ1) is 19.6. The van der Waals surface area contributed by atoms with E-state index in [0.717, 1.165) is 23.8 Å². The summed E-state index contributed by atoms with van der Waals surface area (Å²) in [6, 6.07) is 10.5. The van der Waals surface area contributed by atoms with Crippen molar-refractivity contribution in [3.05, 3.63) is 76.3 Å². The Morgan fingerprint density at radius 2 is 1.82 bits per heavy atom. The average molecular weight is 402 g/mol. The lowest BCUT2D eigenvalue weighted by molar-refractivity contribution is -0.115. The number of aryl methyl sites for hydroxylation is 1. The van der Waals surface area contributed by atoms with Crippen molar-refractivity contribution in [2.75, 3.05) is 4.90 Å². The fourth-order valence-corrected chi connectivity index (χ4v) is 3.44. The Kier molecular flexibility index (Phi) is 5.79. The summed E-state index contributed by atoms with van der Waals surface area (Å²) >= 11 is 1.19. The molecule has 0 aliphatic rings. The van der Waals surface area contributed by atoms with E-state index in [1.54, 1.807) is 11.4 Å². The van der Waals surface area contributed by atoms with E-state index in [9.17, 15) is 18.4 Å². The molecule has 0 radical (unpaired) electrons. The maximum atomic E-state index is 13.6. The Bertz CT molecular complexity index is 1020. The van der Waals surface area contributed by atoms with E-state index in [4.69, 9.17) is 4.74 Å². The van der Waals surface area contributed by atoms with Crippen molar-refractivity contribution < 1.29 is 23.1 Å². The van der Waals surface area contributed by atoms with E-state index in [0.29, 0.717) is 16.5 Å². The molecule has 0 aliphatic carbocycles. The highest BCUT2D eigenvalue weighted by Gasteiger charge is 2.21. The van der Waals surface area contributed by atoms with Crippen LogP contribution in [0.1, 0.15) is 28.5 Å². The topological polar surface area (TPSA) is 59.5 Å². The molecule has 0 spiro atoms. The number of ether oxygens (including phenoxy) is 1. The summed E-state index contributed by atoms with van der Waals surface area (Å²) in [5, 5.41) is 2.02. The number of nitrogens with zero attached hydrogens (tertiary/aromatic N) is 2. The number of hydrogen-bond acceptors (Lipinski definition) is 5. The van der Waals surface area contributed by atoms with E-state index < -0.39 is 23.2 Å². The molecular formula is C20H16F2N2O3S. The van der Waals surface area contributed by atoms with Crippen molar-refractivity contribution in [1.29, 1.82) is 0 Å². The van der Waals surface area contributed by atoms with Crippen LogP contribution >= 0.6 is 11.3 Å². The molecule has 1 amide bonds. The number of rotatable bonds is 5. The molecule has 0 fully saturated rings. The summed E-state index contributed by atoms with van der Waals surface area (Å²) < 4.78 is 32.3. The van der Waals surface area contributed by atoms with Gasteiger partial charge in [-0.15, -0.1) is 11.3 Å². The van der Waals surface area contributed by atoms with E-state index >= 15 is 0 Å². The van der Waals surface area contributed by atoms with Crippen LogP contribution in [-0.2, 0) is 16.1 Å². The van der Waals surface area contributed by atoms with Crippen LogP contribution in [0.5, 0.6) is 0 Å². The highest BCUT2D eigenvalue weighted by atomic mass is 32.1. The molecule has 0 saturated heterocycles. The van der Waals surface area contributed by atoms with Crippen molar-refractivity contribution in [2.45, 2.75) is 20.5 Å². The minimum atomic E-state index is -1.12. The smallest absolute Gasteiger partial charge is 0.344 e. The molecule has 0 bridgehead atoms. The number of thiazole rings is 1. The van der Waals surface area contributed by atoms with Crippen molar-refractivity contribution in [3.63, 3.8) is 0 Å². The van der Waals surface area contributed by atoms with Gasteiger partial charge >= 0.3 is 5.97 Å². The quantitative estimate of drug-likeness (QED) is 0.577. The van der Waals surface area contributed by atoms with Crippen molar-refractivity contribution in [3.8, 4) is 0 Å². The number of amides is 1. The van der Waals surface area contributed by atoms with Gasteiger partial charge in [0.1, 0.15) is 23.8 Å². The van der Waals surface area contributed by atoms with Crippen LogP contribution in [0.25, 0.3) is 0 Å². The van der Waals surface area contributed by atoms with Gasteiger partial charge in [0.2, 0.25) is 5.91 Å². The first-order valence-electron chi connectivity index (χ1n) is 8.29. The Hall–Kier alpha value is -3.13. The van der Waals surface area contributed by atoms with Gasteiger partial charge in [-0.1, -0.05) is 18.2 Å². The number of anilines is 2. The van der Waals surface area contributed by atoms with Gasteiger partial charge in [-0.05, 0) is 36.8 Å². The number of hydrogen-bond donors (Lipinski definition) is 0. The average Bonchev–Trinajstić information content (AvgIpc) is 3.08. The highest BCUT2D eigenvalue weighted by molar-refractivity contribution is 7.14. The third-order valence-electron chi connectivity index (χ3n) is 3.82. The lowest BCUT2D eigenvalue weighted by atomic mass is 10.2. The molecule has 1 aromatic heterocycles. The molecule has 8 heteroatoms. The Labute approximate surface area is 164 Å². The first-order chi connectivity index (χ1) is 13.4. The number of benzene rings is 2. The van der Waals surface area contributed by atoms with Crippen molar-refractivity contribution in [1.82, 2.24) is 4.98 Å². The standard InChI is InChI=1S/C20H16F2N2O3S/c1-12-5-3-6-15(9-12)24(13(2)25)20-23-14(11-28-20)10-27-19(26)18-16(21)7-4-8-17(18)22/h3-9,11H,10H2,1-2H3. The van der Waals surface area contributed by atoms with Crippen LogP contribution in [0.4, 0.5) is 19.6 Å². The fraction of sp³-hybridized carbons (Fsp3) is 0.150. The maximum Gasteiger partial charge on any atom is 0.344 e. The van der Waals surface area contributed by atoms with Gasteiger partial charge in [-0.25, -0.2) is 18.6 Å². The number of halogens is 2. The molecule has 0 N–H and O–H groups in total. The molecule has 0 unspecified atom stereocenters. The van der Waals surface area contributed by atoms with Gasteiger partial charge in [-0.3, -0.25) is 9.69 Å². The third-order valence-corrected chi connectivity index (χ3v) is 4.70. The van der Waals surface area contributed by atoms with Crippen molar-refractivity contribution >= 4 is 34.0 Å². The second-order valence-electron chi connectivity index (χ2n) is 5.99. The summed E-state index contributed by atoms with van der Waals surface area (Å²) in [5.41, 5.74) is 1.27. The molecule has 5 nitrogen and oxygen atoms in total. The van der Waals surface area contributed by atoms with Gasteiger partial charge in [0, 0.05) is 12.3 Å². The predicted octanol–water partition coefficient (Wildman–Crippen LogP) is 4.77. The molecular weight excluding hydrogens is 386 g/mol. The highest BCUT2D eigenvalue weighted by Crippen LogP contribution is 2.29. The van der Waals surface area contributed by atoms with Crippen LogP contribution in [0.15, 0.2) is 47.8 Å². The summed E-state index contributed by atoms with van der Waals surface area (Å²) in [6.07, 6.45) is 0. The lowest BCUT2D eigenvalue weighted by Gasteiger charge is -2.18. The minimum absolute atomic E-state index is 0.225. The van der Waals surface area contributed by atoms with E-state index in [-0.39, 0.29) is 12.5 Å². The van der Waals surface area contributed by atoms with Gasteiger partial charge in [-0.2, -0.15) is 0 Å². The largest absolute Gasteiger partial charge is 0.455 e. The molecule has 0 saturated carbocycles. The van der Waals surface area contributed by atoms with Gasteiger partial charge in [0.15, 0.2) is 5.13 Å². The van der Waals surface area contributed by atoms with Crippen LogP contribution < -0.4 is 4.90 Å². The Morgan fingerprint density at radius 3 is 2.46 bits per heavy atom. The monoisotopic (exact) mass is 402 g/mol. The zero-order valence-electron chi connectivity index (χ0n) is 15.1. The number of carbonyl (C=O) groups is 2. The maximum absolute atomic E-state index is 13.6. The SMILES string of the molecule is CC(=O)N(c1cccc(C)c1)c1nc(COC(=O)c2c(F)cccc2F)cs1. The van der Waals surface area contributed by atoms with Crippen LogP contribution in [0.3, 0.4) is 0 Å². The molecule has 0 aliphatic heterocycles. The minimum Gasteiger partial charge on any atom is -0.455 e. The molecule has 144 valence electrons. The predicted molar refractivity (Wildman–Crippen MR) is 102 cm³/mol. The van der Waals surface area contributed by atoms with Crippen LogP contribution in [0, 0.1) is 18.6 Å². The van der Waals surface area contributed by atoms with Crippen LogP contribution in [0.2, 0.25) is 0 Å². The zero-order chi connectivity index (χ0) is 20.3. The first-order valence-corrected chi connectivity index (χ1v) is 9.17. The summed E-state index contributed by atoms with van der Waals surface area (Å²) in [6.45, 7) is 3.06. The number of esters is 1. The third kappa shape index (κ3) is 4.23. The molecule has 28 heavy (non-hydrogen) atoms. The molecule has 0 atom stereocenters. The summed E-state index contributed by atoms with van der Waals surface area (Å²) in [4.78, 5) is 29.8. The van der Waals surface area contributed by atoms with Gasteiger partial charge in [0.05, 0.1) is 11.4 Å². The van der Waals surface area contributed by atoms with E-state index in [1.807, 2.05) is 25.1 Å². The second kappa shape index (κ2) is 8.26. The summed E-state index contributed by atoms with van der Waals surface area (Å²) in [5.74, 6) is -3.33. The van der Waals surface area contributed by atoms with Crippen molar-refractivity contribution in [2.24, 2.45) is 0 Å². The number of carbonyl (C=O) groups excluding carboxylic acids is 2. The van der Waals surface area contributed by atoms with E-state index in [1.165, 1.54) is 23.2 Å². The molecule has 3 rings (SSSR count). The fourth-order valence-electron chi connectivity index (χ4n) is 2.56. The summed E-state index contributed by atoms with van der Waals surface area (Å²) in [7, 11) is 0. The van der Waals surface area contributed by atoms with E-state index in [2.05, 4.69) is 4.98 Å². The molecule has 3 aromatic rings. The number of aromatic nitrogens is 1. The van der Waals surface area contributed by atoms with Gasteiger partial charge < -0.3 is 4.74 Å². The van der Waals surface area contributed by atoms with Gasteiger partial charge in [0.25, 0.3) is 0 Å².